The van der Waals surface area contributed by atoms with Crippen molar-refractivity contribution in [2.24, 2.45) is 0 Å². The standard InChI is InChI=1S/C12H19N3O5/c1-12(2,3)20-11(18)14-8(10(17)19-4)5-7-6-13-15-9(7)16/h6,8H,5H2,1-4H3,(H,14,18)(H2,13,15,16)/t8-/m1/s1. The first-order valence-electron chi connectivity index (χ1n) is 6.05. The third-order valence-corrected chi connectivity index (χ3v) is 2.32. The number of ether oxygens (including phenoxy) is 2. The summed E-state index contributed by atoms with van der Waals surface area (Å²) in [4.78, 5) is 34.7. The lowest BCUT2D eigenvalue weighted by Crippen LogP contribution is -2.45. The summed E-state index contributed by atoms with van der Waals surface area (Å²) < 4.78 is 9.66. The Labute approximate surface area is 115 Å². The zero-order chi connectivity index (χ0) is 15.3. The van der Waals surface area contributed by atoms with Crippen LogP contribution in [0.25, 0.3) is 0 Å². The normalized spacial score (nSPS) is 12.6. The van der Waals surface area contributed by atoms with Crippen LogP contribution in [0.5, 0.6) is 0 Å². The van der Waals surface area contributed by atoms with Gasteiger partial charge in [-0.15, -0.1) is 0 Å². The van der Waals surface area contributed by atoms with Gasteiger partial charge in [0.25, 0.3) is 5.56 Å². The molecule has 1 aromatic rings. The number of aromatic amines is 2. The fourth-order valence-corrected chi connectivity index (χ4v) is 1.49. The molecule has 0 aliphatic rings. The van der Waals surface area contributed by atoms with E-state index in [0.717, 1.165) is 0 Å². The SMILES string of the molecule is COC(=O)[C@@H](Cc1c[nH][nH]c1=O)NC(=O)OC(C)(C)C. The maximum absolute atomic E-state index is 11.7. The number of alkyl carbamates (subject to hydrolysis) is 1. The van der Waals surface area contributed by atoms with Crippen molar-refractivity contribution in [1.29, 1.82) is 0 Å². The van der Waals surface area contributed by atoms with Gasteiger partial charge in [0.2, 0.25) is 0 Å². The van der Waals surface area contributed by atoms with Crippen LogP contribution in [-0.2, 0) is 20.7 Å². The molecule has 0 aliphatic heterocycles. The van der Waals surface area contributed by atoms with Gasteiger partial charge < -0.3 is 19.9 Å². The van der Waals surface area contributed by atoms with Gasteiger partial charge in [-0.3, -0.25) is 9.89 Å². The summed E-state index contributed by atoms with van der Waals surface area (Å²) in [6.45, 7) is 5.11. The Balaban J connectivity index is 2.76. The van der Waals surface area contributed by atoms with Gasteiger partial charge in [0.1, 0.15) is 11.6 Å². The molecule has 3 N–H and O–H groups in total. The van der Waals surface area contributed by atoms with Crippen molar-refractivity contribution in [3.63, 3.8) is 0 Å². The van der Waals surface area contributed by atoms with Gasteiger partial charge in [0, 0.05) is 18.2 Å². The molecule has 1 rings (SSSR count). The Bertz CT molecular complexity index is 526. The van der Waals surface area contributed by atoms with E-state index in [9.17, 15) is 14.4 Å². The number of rotatable bonds is 4. The van der Waals surface area contributed by atoms with E-state index < -0.39 is 23.7 Å². The highest BCUT2D eigenvalue weighted by molar-refractivity contribution is 5.81. The molecule has 20 heavy (non-hydrogen) atoms. The second-order valence-electron chi connectivity index (χ2n) is 5.19. The minimum atomic E-state index is -0.994. The van der Waals surface area contributed by atoms with E-state index in [1.807, 2.05) is 0 Å². The van der Waals surface area contributed by atoms with Gasteiger partial charge in [-0.2, -0.15) is 0 Å². The van der Waals surface area contributed by atoms with Crippen molar-refractivity contribution in [3.05, 3.63) is 22.1 Å². The summed E-state index contributed by atoms with van der Waals surface area (Å²) in [5.41, 5.74) is -0.711. The number of nitrogens with one attached hydrogen (secondary N) is 3. The Morgan fingerprint density at radius 2 is 2.05 bits per heavy atom. The molecule has 0 saturated carbocycles. The van der Waals surface area contributed by atoms with E-state index >= 15 is 0 Å². The quantitative estimate of drug-likeness (QED) is 0.689. The Kier molecular flexibility index (Phi) is 4.95. The lowest BCUT2D eigenvalue weighted by molar-refractivity contribution is -0.143. The molecule has 0 spiro atoms. The first kappa shape index (κ1) is 15.8. The highest BCUT2D eigenvalue weighted by atomic mass is 16.6. The topological polar surface area (TPSA) is 113 Å². The lowest BCUT2D eigenvalue weighted by Gasteiger charge is -2.22. The molecule has 0 unspecified atom stereocenters. The second kappa shape index (κ2) is 6.27. The van der Waals surface area contributed by atoms with E-state index in [2.05, 4.69) is 20.3 Å². The monoisotopic (exact) mass is 285 g/mol. The van der Waals surface area contributed by atoms with Crippen LogP contribution < -0.4 is 10.9 Å². The number of hydrogen-bond acceptors (Lipinski definition) is 5. The fourth-order valence-electron chi connectivity index (χ4n) is 1.49. The molecular formula is C12H19N3O5. The van der Waals surface area contributed by atoms with Crippen LogP contribution in [0.2, 0.25) is 0 Å². The second-order valence-corrected chi connectivity index (χ2v) is 5.19. The molecule has 1 aromatic heterocycles. The number of esters is 1. The summed E-state index contributed by atoms with van der Waals surface area (Å²) in [6.07, 6.45) is 0.680. The van der Waals surface area contributed by atoms with Crippen molar-refractivity contribution in [2.75, 3.05) is 7.11 Å². The summed E-state index contributed by atoms with van der Waals surface area (Å²) >= 11 is 0. The van der Waals surface area contributed by atoms with Crippen LogP contribution in [0.4, 0.5) is 4.79 Å². The maximum Gasteiger partial charge on any atom is 0.408 e. The molecule has 0 fully saturated rings. The zero-order valence-corrected chi connectivity index (χ0v) is 11.9. The highest BCUT2D eigenvalue weighted by Crippen LogP contribution is 2.07. The molecule has 112 valence electrons. The molecule has 0 radical (unpaired) electrons. The molecule has 1 atom stereocenters. The summed E-state index contributed by atoms with van der Waals surface area (Å²) in [5, 5.41) is 7.25. The first-order chi connectivity index (χ1) is 9.23. The van der Waals surface area contributed by atoms with Crippen LogP contribution in [0.15, 0.2) is 11.0 Å². The molecule has 1 amide bonds. The van der Waals surface area contributed by atoms with Crippen molar-refractivity contribution in [1.82, 2.24) is 15.5 Å². The minimum absolute atomic E-state index is 0.00471. The van der Waals surface area contributed by atoms with Crippen LogP contribution in [0.1, 0.15) is 26.3 Å². The van der Waals surface area contributed by atoms with Gasteiger partial charge in [0.05, 0.1) is 7.11 Å². The number of carbonyl (C=O) groups excluding carboxylic acids is 2. The molecule has 0 aliphatic carbocycles. The van der Waals surface area contributed by atoms with E-state index in [4.69, 9.17) is 4.74 Å². The molecule has 1 heterocycles. The van der Waals surface area contributed by atoms with E-state index in [1.54, 1.807) is 20.8 Å². The summed E-state index contributed by atoms with van der Waals surface area (Å²) in [5.74, 6) is -0.656. The molecule has 0 saturated heterocycles. The minimum Gasteiger partial charge on any atom is -0.467 e. The molecule has 0 aromatic carbocycles. The van der Waals surface area contributed by atoms with Crippen molar-refractivity contribution < 1.29 is 19.1 Å². The zero-order valence-electron chi connectivity index (χ0n) is 11.9. The van der Waals surface area contributed by atoms with Crippen molar-refractivity contribution >= 4 is 12.1 Å². The lowest BCUT2D eigenvalue weighted by atomic mass is 10.1. The molecular weight excluding hydrogens is 266 g/mol. The number of hydrogen-bond donors (Lipinski definition) is 3. The third-order valence-electron chi connectivity index (χ3n) is 2.32. The van der Waals surface area contributed by atoms with Crippen LogP contribution in [0, 0.1) is 0 Å². The van der Waals surface area contributed by atoms with Gasteiger partial charge in [-0.25, -0.2) is 9.59 Å². The molecule has 8 nitrogen and oxygen atoms in total. The third kappa shape index (κ3) is 4.79. The Morgan fingerprint density at radius 3 is 2.50 bits per heavy atom. The predicted molar refractivity (Wildman–Crippen MR) is 70.3 cm³/mol. The summed E-state index contributed by atoms with van der Waals surface area (Å²) in [6, 6.07) is -0.994. The number of aromatic nitrogens is 2. The van der Waals surface area contributed by atoms with E-state index in [-0.39, 0.29) is 12.0 Å². The van der Waals surface area contributed by atoms with Gasteiger partial charge >= 0.3 is 12.1 Å². The molecule has 8 heteroatoms. The van der Waals surface area contributed by atoms with E-state index in [1.165, 1.54) is 13.3 Å². The van der Waals surface area contributed by atoms with Crippen LogP contribution >= 0.6 is 0 Å². The number of H-pyrrole nitrogens is 2. The molecule has 0 bridgehead atoms. The number of methoxy groups -OCH3 is 1. The average Bonchev–Trinajstić information content (AvgIpc) is 2.70. The van der Waals surface area contributed by atoms with Gasteiger partial charge in [-0.05, 0) is 20.8 Å². The Morgan fingerprint density at radius 1 is 1.40 bits per heavy atom. The highest BCUT2D eigenvalue weighted by Gasteiger charge is 2.26. The van der Waals surface area contributed by atoms with Gasteiger partial charge in [-0.1, -0.05) is 0 Å². The average molecular weight is 285 g/mol. The first-order valence-corrected chi connectivity index (χ1v) is 6.05. The smallest absolute Gasteiger partial charge is 0.408 e. The number of carbonyl (C=O) groups is 2. The summed E-state index contributed by atoms with van der Waals surface area (Å²) in [7, 11) is 1.20. The van der Waals surface area contributed by atoms with E-state index in [0.29, 0.717) is 5.56 Å². The predicted octanol–water partition coefficient (Wildman–Crippen LogP) is 0.312. The van der Waals surface area contributed by atoms with Crippen LogP contribution in [0.3, 0.4) is 0 Å². The van der Waals surface area contributed by atoms with Gasteiger partial charge in [0.15, 0.2) is 0 Å². The van der Waals surface area contributed by atoms with Crippen LogP contribution in [-0.4, -0.2) is 41.0 Å². The number of amides is 1. The largest absolute Gasteiger partial charge is 0.467 e. The van der Waals surface area contributed by atoms with Crippen molar-refractivity contribution in [3.8, 4) is 0 Å². The Hall–Kier alpha value is -2.25. The fraction of sp³-hybridized carbons (Fsp3) is 0.583. The van der Waals surface area contributed by atoms with Crippen molar-refractivity contribution in [2.45, 2.75) is 38.8 Å². The maximum atomic E-state index is 11.7.